The Morgan fingerprint density at radius 2 is 1.64 bits per heavy atom. The Bertz CT molecular complexity index is 676. The molecule has 2 aliphatic rings. The molecule has 7 heteroatoms. The summed E-state index contributed by atoms with van der Waals surface area (Å²) in [7, 11) is 0. The van der Waals surface area contributed by atoms with Gasteiger partial charge >= 0.3 is 0 Å². The molecular weight excluding hydrogens is 343 g/mol. The van der Waals surface area contributed by atoms with Crippen LogP contribution in [-0.4, -0.2) is 19.3 Å². The molecule has 2 heterocycles. The molecule has 2 fully saturated rings. The fourth-order valence-electron chi connectivity index (χ4n) is 3.06. The molecule has 0 amide bonds. The number of halogens is 3. The van der Waals surface area contributed by atoms with Crippen molar-refractivity contribution in [2.24, 2.45) is 0 Å². The maximum Gasteiger partial charge on any atom is 0.159 e. The van der Waals surface area contributed by atoms with Gasteiger partial charge in [-0.1, -0.05) is 23.2 Å². The highest BCUT2D eigenvalue weighted by molar-refractivity contribution is 6.33. The van der Waals surface area contributed by atoms with Crippen LogP contribution in [0.25, 0.3) is 0 Å². The first kappa shape index (κ1) is 16.2. The molecule has 0 bridgehead atoms. The minimum absolute atomic E-state index is 0. The maximum absolute atomic E-state index is 6.33. The van der Waals surface area contributed by atoms with Crippen LogP contribution in [0.1, 0.15) is 63.1 Å². The molecule has 2 aliphatic carbocycles. The van der Waals surface area contributed by atoms with Crippen LogP contribution in [0.3, 0.4) is 0 Å². The number of nitrogens with zero attached hydrogens (tertiary/aromatic N) is 4. The molecule has 0 spiro atoms. The Kier molecular flexibility index (Phi) is 3.99. The summed E-state index contributed by atoms with van der Waals surface area (Å²) in [5, 5.41) is 10.3. The molecule has 2 saturated carbocycles. The van der Waals surface area contributed by atoms with E-state index in [1.54, 1.807) is 0 Å². The summed E-state index contributed by atoms with van der Waals surface area (Å²) in [6, 6.07) is 4.20. The molecular formula is C15H19Cl3N4. The minimum Gasteiger partial charge on any atom is -0.310 e. The van der Waals surface area contributed by atoms with Crippen LogP contribution in [0.4, 0.5) is 0 Å². The molecule has 0 aliphatic heterocycles. The lowest BCUT2D eigenvalue weighted by Gasteiger charge is -2.29. The molecule has 4 rings (SSSR count). The zero-order valence-corrected chi connectivity index (χ0v) is 14.9. The number of hydrogen-bond donors (Lipinski definition) is 0. The second-order valence-corrected chi connectivity index (χ2v) is 7.40. The first-order valence-electron chi connectivity index (χ1n) is 7.48. The lowest BCUT2D eigenvalue weighted by Crippen LogP contribution is -2.32. The van der Waals surface area contributed by atoms with Gasteiger partial charge in [0.15, 0.2) is 5.82 Å². The molecule has 0 N–H and O–H groups in total. The Hall–Kier alpha value is -0.710. The van der Waals surface area contributed by atoms with Crippen molar-refractivity contribution >= 4 is 35.6 Å². The summed E-state index contributed by atoms with van der Waals surface area (Å²) in [5.74, 6) is 2.71. The maximum atomic E-state index is 6.33. The third kappa shape index (κ3) is 2.45. The Morgan fingerprint density at radius 3 is 2.14 bits per heavy atom. The smallest absolute Gasteiger partial charge is 0.159 e. The molecule has 22 heavy (non-hydrogen) atoms. The van der Waals surface area contributed by atoms with Crippen LogP contribution >= 0.6 is 35.6 Å². The van der Waals surface area contributed by atoms with Gasteiger partial charge in [0.1, 0.15) is 21.7 Å². The Balaban J connectivity index is 0.00000144. The summed E-state index contributed by atoms with van der Waals surface area (Å²) in [6.07, 6.45) is 4.90. The molecule has 4 nitrogen and oxygen atoms in total. The van der Waals surface area contributed by atoms with E-state index >= 15 is 0 Å². The first-order valence-corrected chi connectivity index (χ1v) is 8.24. The van der Waals surface area contributed by atoms with E-state index in [1.165, 1.54) is 25.7 Å². The number of aromatic nitrogens is 4. The summed E-state index contributed by atoms with van der Waals surface area (Å²) < 4.78 is 4.28. The van der Waals surface area contributed by atoms with E-state index in [0.717, 1.165) is 11.6 Å². The Morgan fingerprint density at radius 1 is 1.05 bits per heavy atom. The van der Waals surface area contributed by atoms with Gasteiger partial charge in [-0.15, -0.1) is 22.6 Å². The topological polar surface area (TPSA) is 35.6 Å². The quantitative estimate of drug-likeness (QED) is 0.784. The molecule has 2 aromatic heterocycles. The van der Waals surface area contributed by atoms with Crippen LogP contribution in [0, 0.1) is 0 Å². The van der Waals surface area contributed by atoms with Gasteiger partial charge in [-0.2, -0.15) is 0 Å². The highest BCUT2D eigenvalue weighted by Gasteiger charge is 2.41. The first-order chi connectivity index (χ1) is 10.00. The molecule has 0 radical (unpaired) electrons. The minimum atomic E-state index is -0.416. The van der Waals surface area contributed by atoms with Gasteiger partial charge in [-0.05, 0) is 51.7 Å². The van der Waals surface area contributed by atoms with Crippen molar-refractivity contribution in [1.82, 2.24) is 19.3 Å². The van der Waals surface area contributed by atoms with Crippen LogP contribution in [0.5, 0.6) is 0 Å². The number of hydrogen-bond acceptors (Lipinski definition) is 2. The molecule has 0 aromatic carbocycles. The summed E-state index contributed by atoms with van der Waals surface area (Å²) in [6.45, 7) is 4.20. The zero-order valence-electron chi connectivity index (χ0n) is 12.6. The normalized spacial score (nSPS) is 18.4. The van der Waals surface area contributed by atoms with Gasteiger partial charge in [0.25, 0.3) is 0 Å². The van der Waals surface area contributed by atoms with Crippen molar-refractivity contribution in [2.45, 2.75) is 57.0 Å². The van der Waals surface area contributed by atoms with E-state index in [1.807, 2.05) is 16.7 Å². The second-order valence-electron chi connectivity index (χ2n) is 6.63. The van der Waals surface area contributed by atoms with Crippen LogP contribution < -0.4 is 0 Å². The SMILES string of the molecule is CC(C)(c1nnc(C2CC2)n1C1CC1)n1c(Cl)ccc1Cl.Cl. The van der Waals surface area contributed by atoms with E-state index in [2.05, 4.69) is 28.6 Å². The number of rotatable bonds is 4. The lowest BCUT2D eigenvalue weighted by molar-refractivity contribution is 0.388. The summed E-state index contributed by atoms with van der Waals surface area (Å²) >= 11 is 12.7. The van der Waals surface area contributed by atoms with Crippen LogP contribution in [0.15, 0.2) is 12.1 Å². The zero-order chi connectivity index (χ0) is 14.8. The van der Waals surface area contributed by atoms with E-state index in [9.17, 15) is 0 Å². The predicted octanol–water partition coefficient (Wildman–Crippen LogP) is 4.80. The van der Waals surface area contributed by atoms with E-state index in [0.29, 0.717) is 22.3 Å². The molecule has 120 valence electrons. The van der Waals surface area contributed by atoms with Gasteiger partial charge in [0.2, 0.25) is 0 Å². The third-order valence-electron chi connectivity index (χ3n) is 4.47. The van der Waals surface area contributed by atoms with E-state index < -0.39 is 5.54 Å². The van der Waals surface area contributed by atoms with Crippen LogP contribution in [-0.2, 0) is 5.54 Å². The fourth-order valence-corrected chi connectivity index (χ4v) is 3.83. The predicted molar refractivity (Wildman–Crippen MR) is 90.4 cm³/mol. The highest BCUT2D eigenvalue weighted by Crippen LogP contribution is 2.46. The van der Waals surface area contributed by atoms with Crippen molar-refractivity contribution < 1.29 is 0 Å². The van der Waals surface area contributed by atoms with Crippen molar-refractivity contribution in [3.05, 3.63) is 34.1 Å². The fraction of sp³-hybridized carbons (Fsp3) is 0.600. The second kappa shape index (κ2) is 5.43. The van der Waals surface area contributed by atoms with Crippen molar-refractivity contribution in [1.29, 1.82) is 0 Å². The van der Waals surface area contributed by atoms with Gasteiger partial charge in [-0.25, -0.2) is 0 Å². The molecule has 0 unspecified atom stereocenters. The molecule has 2 aromatic rings. The van der Waals surface area contributed by atoms with Gasteiger partial charge in [-0.3, -0.25) is 0 Å². The standard InChI is InChI=1S/C15H18Cl2N4.ClH/c1-15(2,21-11(16)7-8-12(21)17)14-19-18-13(9-3-4-9)20(14)10-5-6-10;/h7-10H,3-6H2,1-2H3;1H. The van der Waals surface area contributed by atoms with Crippen LogP contribution in [0.2, 0.25) is 10.3 Å². The van der Waals surface area contributed by atoms with E-state index in [-0.39, 0.29) is 12.4 Å². The van der Waals surface area contributed by atoms with E-state index in [4.69, 9.17) is 23.2 Å². The largest absolute Gasteiger partial charge is 0.310 e. The highest BCUT2D eigenvalue weighted by atomic mass is 35.5. The average molecular weight is 362 g/mol. The summed E-state index contributed by atoms with van der Waals surface area (Å²) in [4.78, 5) is 0. The van der Waals surface area contributed by atoms with Gasteiger partial charge in [0.05, 0.1) is 0 Å². The van der Waals surface area contributed by atoms with Crippen molar-refractivity contribution in [3.63, 3.8) is 0 Å². The molecule has 0 atom stereocenters. The van der Waals surface area contributed by atoms with Crippen molar-refractivity contribution in [3.8, 4) is 0 Å². The molecule has 0 saturated heterocycles. The monoisotopic (exact) mass is 360 g/mol. The lowest BCUT2D eigenvalue weighted by atomic mass is 10.0. The van der Waals surface area contributed by atoms with Gasteiger partial charge in [0, 0.05) is 12.0 Å². The average Bonchev–Trinajstić information content (AvgIpc) is 3.35. The summed E-state index contributed by atoms with van der Waals surface area (Å²) in [5.41, 5.74) is -0.416. The Labute approximate surface area is 146 Å². The van der Waals surface area contributed by atoms with Gasteiger partial charge < -0.3 is 9.13 Å². The third-order valence-corrected chi connectivity index (χ3v) is 5.06. The van der Waals surface area contributed by atoms with Crippen molar-refractivity contribution in [2.75, 3.05) is 0 Å².